The number of fused-ring (bicyclic) bond motifs is 1. The Kier molecular flexibility index (Phi) is 10.5. The molecule has 0 bridgehead atoms. The summed E-state index contributed by atoms with van der Waals surface area (Å²) in [7, 11) is 4.79. The largest absolute Gasteiger partial charge is 0.496 e. The minimum atomic E-state index is -0.411. The Morgan fingerprint density at radius 3 is 2.65 bits per heavy atom. The highest BCUT2D eigenvalue weighted by Crippen LogP contribution is 2.41. The van der Waals surface area contributed by atoms with Crippen LogP contribution in [0.1, 0.15) is 40.4 Å². The Morgan fingerprint density at radius 1 is 1.08 bits per heavy atom. The van der Waals surface area contributed by atoms with Crippen molar-refractivity contribution in [3.63, 3.8) is 0 Å². The number of carbonyl (C=O) groups is 3. The summed E-state index contributed by atoms with van der Waals surface area (Å²) < 4.78 is 12.3. The van der Waals surface area contributed by atoms with Crippen molar-refractivity contribution in [3.05, 3.63) is 81.5 Å². The number of imidazole rings is 1. The van der Waals surface area contributed by atoms with E-state index in [1.165, 1.54) is 7.11 Å². The Hall–Kier alpha value is -4.49. The van der Waals surface area contributed by atoms with E-state index in [2.05, 4.69) is 25.9 Å². The number of rotatable bonds is 11. The van der Waals surface area contributed by atoms with Gasteiger partial charge < -0.3 is 30.0 Å². The highest BCUT2D eigenvalue weighted by Gasteiger charge is 2.27. The zero-order chi connectivity index (χ0) is 34.7. The number of methoxy groups -OCH3 is 2. The van der Waals surface area contributed by atoms with Crippen molar-refractivity contribution in [2.45, 2.75) is 38.4 Å². The van der Waals surface area contributed by atoms with Gasteiger partial charge in [-0.2, -0.15) is 0 Å². The maximum absolute atomic E-state index is 13.5. The lowest BCUT2D eigenvalue weighted by Crippen LogP contribution is -2.35. The lowest BCUT2D eigenvalue weighted by Gasteiger charge is -2.25. The first-order valence-electron chi connectivity index (χ1n) is 15.9. The van der Waals surface area contributed by atoms with E-state index in [-0.39, 0.29) is 30.3 Å². The summed E-state index contributed by atoms with van der Waals surface area (Å²) in [5, 5.41) is 9.99. The molecule has 1 atom stereocenters. The van der Waals surface area contributed by atoms with Gasteiger partial charge in [-0.05, 0) is 24.6 Å². The van der Waals surface area contributed by atoms with Crippen LogP contribution in [0.5, 0.6) is 5.75 Å². The topological polar surface area (TPSA) is 140 Å². The van der Waals surface area contributed by atoms with Crippen molar-refractivity contribution in [3.8, 4) is 28.1 Å². The molecular formula is C35H37Cl2N7O5. The molecule has 2 aromatic heterocycles. The molecule has 1 unspecified atom stereocenters. The van der Waals surface area contributed by atoms with E-state index in [4.69, 9.17) is 32.7 Å². The molecule has 12 nitrogen and oxygen atoms in total. The molecule has 14 heteroatoms. The first-order chi connectivity index (χ1) is 23.7. The highest BCUT2D eigenvalue weighted by atomic mass is 35.5. The highest BCUT2D eigenvalue weighted by molar-refractivity contribution is 6.39. The number of nitrogens with one attached hydrogen (secondary N) is 3. The van der Waals surface area contributed by atoms with Crippen LogP contribution in [-0.2, 0) is 40.9 Å². The van der Waals surface area contributed by atoms with E-state index in [1.807, 2.05) is 36.2 Å². The number of hydrogen-bond acceptors (Lipinski definition) is 9. The van der Waals surface area contributed by atoms with Crippen LogP contribution in [0.25, 0.3) is 22.4 Å². The van der Waals surface area contributed by atoms with Gasteiger partial charge in [0, 0.05) is 86.3 Å². The Labute approximate surface area is 294 Å². The molecule has 0 radical (unpaired) electrons. The van der Waals surface area contributed by atoms with Crippen LogP contribution in [0, 0.1) is 0 Å². The molecule has 4 heterocycles. The number of amides is 2. The first kappa shape index (κ1) is 34.4. The van der Waals surface area contributed by atoms with Gasteiger partial charge >= 0.3 is 5.97 Å². The lowest BCUT2D eigenvalue weighted by atomic mass is 10.0. The minimum Gasteiger partial charge on any atom is -0.496 e. The van der Waals surface area contributed by atoms with Crippen molar-refractivity contribution in [2.24, 2.45) is 7.05 Å². The van der Waals surface area contributed by atoms with Gasteiger partial charge in [0.15, 0.2) is 5.82 Å². The van der Waals surface area contributed by atoms with Gasteiger partial charge in [0.1, 0.15) is 5.75 Å². The molecule has 6 rings (SSSR count). The molecular weight excluding hydrogens is 669 g/mol. The maximum atomic E-state index is 13.5. The predicted molar refractivity (Wildman–Crippen MR) is 187 cm³/mol. The lowest BCUT2D eigenvalue weighted by molar-refractivity contribution is -0.142. The zero-order valence-corrected chi connectivity index (χ0v) is 29.0. The summed E-state index contributed by atoms with van der Waals surface area (Å²) in [6.45, 7) is 2.50. The number of benzene rings is 2. The monoisotopic (exact) mass is 705 g/mol. The molecule has 1 fully saturated rings. The Bertz CT molecular complexity index is 1910. The SMILES string of the molecule is COC(=O)CN1CCc2c(nc(C(=O)Nc3cccc(-c4ccnc(-c5ccc(CNCC6CCC(=O)N6)c(OC)c5)c4Cl)c3Cl)n2C)C1. The summed E-state index contributed by atoms with van der Waals surface area (Å²) in [5.74, 6) is 0.287. The van der Waals surface area contributed by atoms with Crippen molar-refractivity contribution >= 4 is 46.7 Å². The molecule has 2 aliphatic rings. The predicted octanol–water partition coefficient (Wildman–Crippen LogP) is 4.62. The molecule has 2 amide bonds. The van der Waals surface area contributed by atoms with Crippen molar-refractivity contribution in [1.82, 2.24) is 30.1 Å². The van der Waals surface area contributed by atoms with Gasteiger partial charge in [0.2, 0.25) is 5.91 Å². The summed E-state index contributed by atoms with van der Waals surface area (Å²) in [6.07, 6.45) is 3.70. The van der Waals surface area contributed by atoms with E-state index in [0.717, 1.165) is 28.9 Å². The molecule has 3 N–H and O–H groups in total. The second kappa shape index (κ2) is 15.0. The maximum Gasteiger partial charge on any atom is 0.319 e. The van der Waals surface area contributed by atoms with Gasteiger partial charge in [0.05, 0.1) is 47.9 Å². The van der Waals surface area contributed by atoms with E-state index >= 15 is 0 Å². The third-order valence-corrected chi connectivity index (χ3v) is 9.69. The first-order valence-corrected chi connectivity index (χ1v) is 16.7. The average Bonchev–Trinajstić information content (AvgIpc) is 3.67. The van der Waals surface area contributed by atoms with Crippen molar-refractivity contribution in [2.75, 3.05) is 39.2 Å². The molecule has 0 saturated carbocycles. The van der Waals surface area contributed by atoms with Crippen LogP contribution in [0.4, 0.5) is 5.69 Å². The number of anilines is 1. The molecule has 256 valence electrons. The van der Waals surface area contributed by atoms with Gasteiger partial charge in [0.25, 0.3) is 5.91 Å². The third kappa shape index (κ3) is 7.42. The fraction of sp³-hybridized carbons (Fsp3) is 0.343. The van der Waals surface area contributed by atoms with E-state index in [1.54, 1.807) is 36.1 Å². The number of halogens is 2. The van der Waals surface area contributed by atoms with Crippen LogP contribution in [-0.4, -0.2) is 77.1 Å². The van der Waals surface area contributed by atoms with Crippen LogP contribution < -0.4 is 20.7 Å². The molecule has 2 aromatic carbocycles. The van der Waals surface area contributed by atoms with E-state index in [0.29, 0.717) is 77.3 Å². The fourth-order valence-electron chi connectivity index (χ4n) is 6.28. The van der Waals surface area contributed by atoms with Crippen LogP contribution in [0.3, 0.4) is 0 Å². The number of ether oxygens (including phenoxy) is 2. The average molecular weight is 707 g/mol. The van der Waals surface area contributed by atoms with Crippen molar-refractivity contribution < 1.29 is 23.9 Å². The summed E-state index contributed by atoms with van der Waals surface area (Å²) in [6, 6.07) is 13.1. The molecule has 1 saturated heterocycles. The smallest absolute Gasteiger partial charge is 0.319 e. The van der Waals surface area contributed by atoms with Crippen molar-refractivity contribution in [1.29, 1.82) is 0 Å². The van der Waals surface area contributed by atoms with Crippen LogP contribution in [0.2, 0.25) is 10.0 Å². The van der Waals surface area contributed by atoms with Gasteiger partial charge in [-0.1, -0.05) is 47.5 Å². The molecule has 4 aromatic rings. The van der Waals surface area contributed by atoms with Gasteiger partial charge in [-0.15, -0.1) is 0 Å². The molecule has 49 heavy (non-hydrogen) atoms. The number of pyridine rings is 1. The summed E-state index contributed by atoms with van der Waals surface area (Å²) in [5.41, 5.74) is 5.65. The number of aromatic nitrogens is 3. The standard InChI is InChI=1S/C35H37Cl2N7O5/c1-43-27-12-14-44(19-30(46)49-3)18-26(27)41-34(43)35(47)42-25-6-4-5-23(31(25)36)24-11-13-39-33(32(24)37)20-7-8-21(28(15-20)48-2)16-38-17-22-9-10-29(45)40-22/h4-8,11,13,15,22,38H,9-10,12,14,16-19H2,1-3H3,(H,40,45)(H,42,47). The van der Waals surface area contributed by atoms with Crippen LogP contribution in [0.15, 0.2) is 48.7 Å². The second-order valence-electron chi connectivity index (χ2n) is 12.0. The number of esters is 1. The zero-order valence-electron chi connectivity index (χ0n) is 27.4. The molecule has 2 aliphatic heterocycles. The van der Waals surface area contributed by atoms with Gasteiger partial charge in [-0.25, -0.2) is 4.98 Å². The van der Waals surface area contributed by atoms with Crippen LogP contribution >= 0.6 is 23.2 Å². The Balaban J connectivity index is 1.19. The second-order valence-corrected chi connectivity index (χ2v) is 12.8. The molecule has 0 spiro atoms. The molecule has 0 aliphatic carbocycles. The van der Waals surface area contributed by atoms with Gasteiger partial charge in [-0.3, -0.25) is 24.3 Å². The third-order valence-electron chi connectivity index (χ3n) is 8.90. The Morgan fingerprint density at radius 2 is 1.90 bits per heavy atom. The minimum absolute atomic E-state index is 0.0907. The quantitative estimate of drug-likeness (QED) is 0.191. The summed E-state index contributed by atoms with van der Waals surface area (Å²) >= 11 is 13.9. The summed E-state index contributed by atoms with van der Waals surface area (Å²) in [4.78, 5) is 47.9. The number of hydrogen-bond donors (Lipinski definition) is 3. The fourth-order valence-corrected chi connectivity index (χ4v) is 6.88. The normalized spacial score (nSPS) is 15.9. The van der Waals surface area contributed by atoms with E-state index < -0.39 is 5.91 Å². The number of carbonyl (C=O) groups excluding carboxylic acids is 3. The van der Waals surface area contributed by atoms with E-state index in [9.17, 15) is 14.4 Å². The number of nitrogens with zero attached hydrogens (tertiary/aromatic N) is 4.